The molecular weight excluding hydrogens is 414 g/mol. The summed E-state index contributed by atoms with van der Waals surface area (Å²) in [6.07, 6.45) is 7.54. The topological polar surface area (TPSA) is 80.0 Å². The van der Waals surface area contributed by atoms with Gasteiger partial charge in [-0.3, -0.25) is 14.5 Å². The number of piperazine rings is 1. The van der Waals surface area contributed by atoms with Gasteiger partial charge < -0.3 is 9.80 Å². The lowest BCUT2D eigenvalue weighted by molar-refractivity contribution is 0.0992. The van der Waals surface area contributed by atoms with E-state index in [0.29, 0.717) is 11.3 Å². The fourth-order valence-corrected chi connectivity index (χ4v) is 4.05. The van der Waals surface area contributed by atoms with E-state index in [1.54, 1.807) is 18.5 Å². The molecule has 8 nitrogen and oxygen atoms in total. The minimum atomic E-state index is 0.0278. The quantitative estimate of drug-likeness (QED) is 0.425. The maximum atomic E-state index is 13.0. The molecule has 5 heterocycles. The number of hydrogen-bond donors (Lipinski definition) is 0. The molecule has 1 aliphatic heterocycles. The van der Waals surface area contributed by atoms with Crippen molar-refractivity contribution in [3.05, 3.63) is 66.4 Å². The van der Waals surface area contributed by atoms with Crippen molar-refractivity contribution in [1.29, 1.82) is 0 Å². The molecule has 8 heteroatoms. The van der Waals surface area contributed by atoms with E-state index in [4.69, 9.17) is 4.98 Å². The standard InChI is InChI=1S/C25H27N7O/c1-3-32-17-20(16-28-32)22-5-4-19-15-27-21(13-23(19)29-22)14-24(33)18-6-7-26-25(12-18)31-10-8-30(2)9-11-31/h4-7,12-13,15-17H,3,8-11,14H2,1-2H3. The smallest absolute Gasteiger partial charge is 0.169 e. The van der Waals surface area contributed by atoms with E-state index >= 15 is 0 Å². The molecule has 1 aliphatic rings. The Kier molecular flexibility index (Phi) is 5.83. The molecule has 5 rings (SSSR count). The molecule has 0 amide bonds. The van der Waals surface area contributed by atoms with E-state index < -0.39 is 0 Å². The zero-order valence-electron chi connectivity index (χ0n) is 19.0. The Labute approximate surface area is 192 Å². The number of pyridine rings is 3. The molecular formula is C25H27N7O. The predicted octanol–water partition coefficient (Wildman–Crippen LogP) is 3.09. The van der Waals surface area contributed by atoms with Gasteiger partial charge in [-0.25, -0.2) is 9.97 Å². The number of aryl methyl sites for hydroxylation is 1. The number of ketones is 1. The van der Waals surface area contributed by atoms with E-state index in [-0.39, 0.29) is 12.2 Å². The normalized spacial score (nSPS) is 14.7. The summed E-state index contributed by atoms with van der Waals surface area (Å²) < 4.78 is 1.88. The maximum Gasteiger partial charge on any atom is 0.169 e. The van der Waals surface area contributed by atoms with Gasteiger partial charge in [0.05, 0.1) is 29.5 Å². The van der Waals surface area contributed by atoms with Crippen LogP contribution in [0.4, 0.5) is 5.82 Å². The van der Waals surface area contributed by atoms with Gasteiger partial charge in [0.15, 0.2) is 5.78 Å². The Morgan fingerprint density at radius 3 is 2.67 bits per heavy atom. The van der Waals surface area contributed by atoms with Gasteiger partial charge in [-0.1, -0.05) is 0 Å². The second kappa shape index (κ2) is 9.07. The molecule has 168 valence electrons. The van der Waals surface area contributed by atoms with Crippen molar-refractivity contribution in [2.75, 3.05) is 38.1 Å². The average molecular weight is 442 g/mol. The van der Waals surface area contributed by atoms with Crippen molar-refractivity contribution in [2.45, 2.75) is 19.9 Å². The Morgan fingerprint density at radius 1 is 1.03 bits per heavy atom. The number of carbonyl (C=O) groups is 1. The van der Waals surface area contributed by atoms with Crippen molar-refractivity contribution in [3.63, 3.8) is 0 Å². The lowest BCUT2D eigenvalue weighted by Crippen LogP contribution is -2.44. The SMILES string of the molecule is CCn1cc(-c2ccc3cnc(CC(=O)c4ccnc(N5CCN(C)CC5)c4)cc3n2)cn1. The first-order valence-corrected chi connectivity index (χ1v) is 11.3. The first-order valence-electron chi connectivity index (χ1n) is 11.3. The number of carbonyl (C=O) groups excluding carboxylic acids is 1. The minimum Gasteiger partial charge on any atom is -0.354 e. The van der Waals surface area contributed by atoms with Crippen LogP contribution in [-0.2, 0) is 13.0 Å². The van der Waals surface area contributed by atoms with E-state index in [9.17, 15) is 4.79 Å². The molecule has 1 saturated heterocycles. The number of fused-ring (bicyclic) bond motifs is 1. The second-order valence-electron chi connectivity index (χ2n) is 8.44. The minimum absolute atomic E-state index is 0.0278. The lowest BCUT2D eigenvalue weighted by Gasteiger charge is -2.33. The van der Waals surface area contributed by atoms with Crippen molar-refractivity contribution in [2.24, 2.45) is 0 Å². The van der Waals surface area contributed by atoms with Gasteiger partial charge in [0.2, 0.25) is 0 Å². The maximum absolute atomic E-state index is 13.0. The molecule has 0 radical (unpaired) electrons. The third-order valence-corrected chi connectivity index (χ3v) is 6.12. The average Bonchev–Trinajstić information content (AvgIpc) is 3.34. The molecule has 0 saturated carbocycles. The van der Waals surface area contributed by atoms with Gasteiger partial charge in [-0.15, -0.1) is 0 Å². The Morgan fingerprint density at radius 2 is 1.88 bits per heavy atom. The summed E-state index contributed by atoms with van der Waals surface area (Å²) in [6.45, 7) is 6.69. The highest BCUT2D eigenvalue weighted by atomic mass is 16.1. The summed E-state index contributed by atoms with van der Waals surface area (Å²) in [5.74, 6) is 0.888. The third kappa shape index (κ3) is 4.61. The van der Waals surface area contributed by atoms with Gasteiger partial charge in [0.25, 0.3) is 0 Å². The number of hydrogen-bond acceptors (Lipinski definition) is 7. The van der Waals surface area contributed by atoms with E-state index in [0.717, 1.165) is 60.7 Å². The Hall–Kier alpha value is -3.65. The molecule has 0 aromatic carbocycles. The molecule has 0 atom stereocenters. The molecule has 0 bridgehead atoms. The molecule has 1 fully saturated rings. The summed E-state index contributed by atoms with van der Waals surface area (Å²) in [5, 5.41) is 5.28. The molecule has 33 heavy (non-hydrogen) atoms. The van der Waals surface area contributed by atoms with Crippen LogP contribution in [0.25, 0.3) is 22.2 Å². The molecule has 0 aliphatic carbocycles. The van der Waals surface area contributed by atoms with E-state index in [1.165, 1.54) is 0 Å². The highest BCUT2D eigenvalue weighted by Crippen LogP contribution is 2.22. The van der Waals surface area contributed by atoms with Crippen LogP contribution in [0.2, 0.25) is 0 Å². The van der Waals surface area contributed by atoms with E-state index in [2.05, 4.69) is 38.8 Å². The van der Waals surface area contributed by atoms with Gasteiger partial charge >= 0.3 is 0 Å². The van der Waals surface area contributed by atoms with Crippen LogP contribution in [0.15, 0.2) is 55.1 Å². The highest BCUT2D eigenvalue weighted by molar-refractivity contribution is 5.98. The number of anilines is 1. The van der Waals surface area contributed by atoms with E-state index in [1.807, 2.05) is 41.3 Å². The number of nitrogens with zero attached hydrogens (tertiary/aromatic N) is 7. The molecule has 0 spiro atoms. The second-order valence-corrected chi connectivity index (χ2v) is 8.44. The molecule has 4 aromatic rings. The fraction of sp³-hybridized carbons (Fsp3) is 0.320. The fourth-order valence-electron chi connectivity index (χ4n) is 4.05. The largest absolute Gasteiger partial charge is 0.354 e. The summed E-state index contributed by atoms with van der Waals surface area (Å²) >= 11 is 0. The van der Waals surface area contributed by atoms with Crippen LogP contribution in [-0.4, -0.2) is 68.6 Å². The van der Waals surface area contributed by atoms with Crippen LogP contribution in [0.5, 0.6) is 0 Å². The number of Topliss-reactive ketones (excluding diaryl/α,β-unsaturated/α-hetero) is 1. The van der Waals surface area contributed by atoms with Crippen molar-refractivity contribution in [1.82, 2.24) is 29.6 Å². The lowest BCUT2D eigenvalue weighted by atomic mass is 10.1. The zero-order chi connectivity index (χ0) is 22.8. The van der Waals surface area contributed by atoms with Gasteiger partial charge in [-0.05, 0) is 44.3 Å². The van der Waals surface area contributed by atoms with Crippen molar-refractivity contribution >= 4 is 22.5 Å². The van der Waals surface area contributed by atoms with Crippen LogP contribution in [0.3, 0.4) is 0 Å². The van der Waals surface area contributed by atoms with Gasteiger partial charge in [0.1, 0.15) is 5.82 Å². The summed E-state index contributed by atoms with van der Waals surface area (Å²) in [5.41, 5.74) is 4.02. The molecule has 4 aromatic heterocycles. The number of likely N-dealkylation sites (N-methyl/N-ethyl adjacent to an activating group) is 1. The Bertz CT molecular complexity index is 1290. The third-order valence-electron chi connectivity index (χ3n) is 6.12. The highest BCUT2D eigenvalue weighted by Gasteiger charge is 2.17. The van der Waals surface area contributed by atoms with Crippen molar-refractivity contribution in [3.8, 4) is 11.3 Å². The first-order chi connectivity index (χ1) is 16.1. The first kappa shape index (κ1) is 21.2. The van der Waals surface area contributed by atoms with Crippen molar-refractivity contribution < 1.29 is 4.79 Å². The van der Waals surface area contributed by atoms with Crippen LogP contribution >= 0.6 is 0 Å². The number of aromatic nitrogens is 5. The predicted molar refractivity (Wildman–Crippen MR) is 128 cm³/mol. The monoisotopic (exact) mass is 441 g/mol. The van der Waals surface area contributed by atoms with Gasteiger partial charge in [-0.2, -0.15) is 5.10 Å². The number of rotatable bonds is 6. The van der Waals surface area contributed by atoms with Crippen LogP contribution in [0.1, 0.15) is 23.0 Å². The zero-order valence-corrected chi connectivity index (χ0v) is 19.0. The summed E-state index contributed by atoms with van der Waals surface area (Å²) in [6, 6.07) is 9.57. The summed E-state index contributed by atoms with van der Waals surface area (Å²) in [4.78, 5) is 31.3. The van der Waals surface area contributed by atoms with Crippen LogP contribution < -0.4 is 4.90 Å². The molecule has 0 unspecified atom stereocenters. The van der Waals surface area contributed by atoms with Gasteiger partial charge in [0, 0.05) is 67.8 Å². The summed E-state index contributed by atoms with van der Waals surface area (Å²) in [7, 11) is 2.12. The Balaban J connectivity index is 1.35. The van der Waals surface area contributed by atoms with Crippen LogP contribution in [0, 0.1) is 0 Å². The molecule has 0 N–H and O–H groups in total.